The zero-order chi connectivity index (χ0) is 22.6. The maximum Gasteiger partial charge on any atom is 0.266 e. The molecular formula is C24H26ClNO3S2. The highest BCUT2D eigenvalue weighted by Crippen LogP contribution is 2.35. The van der Waals surface area contributed by atoms with Gasteiger partial charge in [0.1, 0.15) is 29.0 Å². The molecule has 0 aromatic heterocycles. The Bertz CT molecular complexity index is 997. The van der Waals surface area contributed by atoms with Crippen molar-refractivity contribution < 1.29 is 14.3 Å². The minimum atomic E-state index is -0.0922. The molecule has 0 spiro atoms. The van der Waals surface area contributed by atoms with Gasteiger partial charge in [-0.3, -0.25) is 9.69 Å². The predicted octanol–water partition coefficient (Wildman–Crippen LogP) is 6.32. The monoisotopic (exact) mass is 475 g/mol. The lowest BCUT2D eigenvalue weighted by Crippen LogP contribution is -2.27. The number of amides is 1. The highest BCUT2D eigenvalue weighted by atomic mass is 35.5. The van der Waals surface area contributed by atoms with Crippen LogP contribution in [0, 0.1) is 0 Å². The van der Waals surface area contributed by atoms with Gasteiger partial charge in [0.25, 0.3) is 5.91 Å². The van der Waals surface area contributed by atoms with Gasteiger partial charge in [-0.05, 0) is 54.3 Å². The Morgan fingerprint density at radius 1 is 1.10 bits per heavy atom. The van der Waals surface area contributed by atoms with Crippen LogP contribution in [0.5, 0.6) is 11.5 Å². The second kappa shape index (κ2) is 10.1. The molecule has 3 rings (SSSR count). The molecule has 0 bridgehead atoms. The molecule has 7 heteroatoms. The summed E-state index contributed by atoms with van der Waals surface area (Å²) in [4.78, 5) is 14.6. The van der Waals surface area contributed by atoms with Gasteiger partial charge in [0, 0.05) is 17.1 Å². The van der Waals surface area contributed by atoms with E-state index in [0.29, 0.717) is 39.8 Å². The molecule has 0 unspecified atom stereocenters. The fourth-order valence-electron chi connectivity index (χ4n) is 3.04. The van der Waals surface area contributed by atoms with Gasteiger partial charge in [0.15, 0.2) is 0 Å². The second-order valence-corrected chi connectivity index (χ2v) is 10.2. The summed E-state index contributed by atoms with van der Waals surface area (Å²) in [6.45, 7) is 9.75. The van der Waals surface area contributed by atoms with Gasteiger partial charge in [-0.1, -0.05) is 68.5 Å². The third-order valence-electron chi connectivity index (χ3n) is 4.78. The molecule has 1 fully saturated rings. The van der Waals surface area contributed by atoms with Crippen molar-refractivity contribution in [2.45, 2.75) is 33.1 Å². The smallest absolute Gasteiger partial charge is 0.266 e. The third kappa shape index (κ3) is 6.03. The van der Waals surface area contributed by atoms with Gasteiger partial charge in [-0.2, -0.15) is 0 Å². The lowest BCUT2D eigenvalue weighted by Gasteiger charge is -2.19. The number of carbonyl (C=O) groups is 1. The molecule has 0 saturated carbocycles. The first-order valence-corrected chi connectivity index (χ1v) is 11.7. The van der Waals surface area contributed by atoms with Crippen LogP contribution in [0.25, 0.3) is 6.08 Å². The fraction of sp³-hybridized carbons (Fsp3) is 0.333. The first-order chi connectivity index (χ1) is 14.7. The number of thioether (sulfide) groups is 1. The molecule has 1 saturated heterocycles. The van der Waals surface area contributed by atoms with Crippen molar-refractivity contribution in [1.82, 2.24) is 4.90 Å². The van der Waals surface area contributed by atoms with E-state index in [1.54, 1.807) is 29.2 Å². The van der Waals surface area contributed by atoms with Crippen LogP contribution in [0.1, 0.15) is 38.8 Å². The summed E-state index contributed by atoms with van der Waals surface area (Å²) in [5.41, 5.74) is 2.10. The summed E-state index contributed by atoms with van der Waals surface area (Å²) in [6.07, 6.45) is 1.78. The molecule has 0 aliphatic carbocycles. The van der Waals surface area contributed by atoms with Crippen LogP contribution in [-0.2, 0) is 10.2 Å². The molecule has 4 nitrogen and oxygen atoms in total. The molecule has 0 atom stereocenters. The van der Waals surface area contributed by atoms with E-state index in [1.165, 1.54) is 17.3 Å². The molecule has 164 valence electrons. The highest BCUT2D eigenvalue weighted by molar-refractivity contribution is 8.26. The maximum absolute atomic E-state index is 12.5. The summed E-state index contributed by atoms with van der Waals surface area (Å²) in [5, 5.41) is 0.569. The van der Waals surface area contributed by atoms with Crippen LogP contribution in [0.3, 0.4) is 0 Å². The van der Waals surface area contributed by atoms with E-state index in [1.807, 2.05) is 19.1 Å². The van der Waals surface area contributed by atoms with Crippen molar-refractivity contribution in [1.29, 1.82) is 0 Å². The number of thiocarbonyl (C=S) groups is 1. The van der Waals surface area contributed by atoms with E-state index in [2.05, 4.69) is 32.9 Å². The van der Waals surface area contributed by atoms with Crippen LogP contribution in [0.4, 0.5) is 0 Å². The fourth-order valence-corrected chi connectivity index (χ4v) is 4.60. The first-order valence-electron chi connectivity index (χ1n) is 10.1. The Labute approximate surface area is 198 Å². The SMILES string of the molecule is CCN1C(=O)C(=Cc2cc(Cl)ccc2OCCOc2ccc(C(C)(C)C)cc2)SC1=S. The number of benzene rings is 2. The van der Waals surface area contributed by atoms with E-state index in [-0.39, 0.29) is 11.3 Å². The maximum atomic E-state index is 12.5. The van der Waals surface area contributed by atoms with Gasteiger partial charge in [-0.15, -0.1) is 0 Å². The van der Waals surface area contributed by atoms with Crippen LogP contribution in [0.2, 0.25) is 5.02 Å². The molecule has 1 aliphatic heterocycles. The summed E-state index contributed by atoms with van der Waals surface area (Å²) in [6, 6.07) is 13.5. The Morgan fingerprint density at radius 3 is 2.39 bits per heavy atom. The topological polar surface area (TPSA) is 38.8 Å². The lowest BCUT2D eigenvalue weighted by molar-refractivity contribution is -0.121. The molecule has 0 N–H and O–H groups in total. The van der Waals surface area contributed by atoms with E-state index in [4.69, 9.17) is 33.3 Å². The Hall–Kier alpha value is -2.02. The number of ether oxygens (including phenoxy) is 2. The van der Waals surface area contributed by atoms with Gasteiger partial charge in [0.2, 0.25) is 0 Å². The Morgan fingerprint density at radius 2 is 1.77 bits per heavy atom. The highest BCUT2D eigenvalue weighted by Gasteiger charge is 2.30. The number of hydrogen-bond acceptors (Lipinski definition) is 5. The molecule has 1 aliphatic rings. The minimum Gasteiger partial charge on any atom is -0.490 e. The predicted molar refractivity (Wildman–Crippen MR) is 133 cm³/mol. The molecule has 1 heterocycles. The quantitative estimate of drug-likeness (QED) is 0.266. The zero-order valence-electron chi connectivity index (χ0n) is 18.1. The summed E-state index contributed by atoms with van der Waals surface area (Å²) < 4.78 is 12.3. The lowest BCUT2D eigenvalue weighted by atomic mass is 9.87. The number of likely N-dealkylation sites (N-methyl/N-ethyl adjacent to an activating group) is 1. The molecule has 0 radical (unpaired) electrons. The van der Waals surface area contributed by atoms with Crippen LogP contribution in [-0.4, -0.2) is 34.9 Å². The summed E-state index contributed by atoms with van der Waals surface area (Å²) in [5.74, 6) is 1.35. The van der Waals surface area contributed by atoms with E-state index in [9.17, 15) is 4.79 Å². The molecule has 2 aromatic rings. The van der Waals surface area contributed by atoms with Crippen molar-refractivity contribution in [2.24, 2.45) is 0 Å². The largest absolute Gasteiger partial charge is 0.490 e. The van der Waals surface area contributed by atoms with Crippen molar-refractivity contribution in [3.05, 3.63) is 63.5 Å². The van der Waals surface area contributed by atoms with E-state index in [0.717, 1.165) is 11.3 Å². The van der Waals surface area contributed by atoms with Crippen molar-refractivity contribution in [3.63, 3.8) is 0 Å². The van der Waals surface area contributed by atoms with Crippen molar-refractivity contribution in [3.8, 4) is 11.5 Å². The summed E-state index contributed by atoms with van der Waals surface area (Å²) in [7, 11) is 0. The Kier molecular flexibility index (Phi) is 7.68. The van der Waals surface area contributed by atoms with Gasteiger partial charge in [0.05, 0.1) is 4.91 Å². The number of rotatable bonds is 7. The first kappa shape index (κ1) is 23.6. The minimum absolute atomic E-state index is 0.0922. The number of hydrogen-bond donors (Lipinski definition) is 0. The van der Waals surface area contributed by atoms with Gasteiger partial charge < -0.3 is 9.47 Å². The molecule has 2 aromatic carbocycles. The third-order valence-corrected chi connectivity index (χ3v) is 6.39. The molecule has 31 heavy (non-hydrogen) atoms. The average molecular weight is 476 g/mol. The Balaban J connectivity index is 1.63. The van der Waals surface area contributed by atoms with E-state index < -0.39 is 0 Å². The van der Waals surface area contributed by atoms with Crippen molar-refractivity contribution >= 4 is 51.9 Å². The van der Waals surface area contributed by atoms with Crippen LogP contribution < -0.4 is 9.47 Å². The van der Waals surface area contributed by atoms with Gasteiger partial charge in [-0.25, -0.2) is 0 Å². The van der Waals surface area contributed by atoms with Crippen LogP contribution in [0.15, 0.2) is 47.4 Å². The van der Waals surface area contributed by atoms with Gasteiger partial charge >= 0.3 is 0 Å². The number of carbonyl (C=O) groups excluding carboxylic acids is 1. The second-order valence-electron chi connectivity index (χ2n) is 8.08. The molecule has 1 amide bonds. The average Bonchev–Trinajstić information content (AvgIpc) is 2.98. The summed E-state index contributed by atoms with van der Waals surface area (Å²) >= 11 is 12.7. The standard InChI is InChI=1S/C24H26ClNO3S2/c1-5-26-22(27)21(31-23(26)30)15-16-14-18(25)8-11-20(16)29-13-12-28-19-9-6-17(7-10-19)24(2,3)4/h6-11,14-15H,5,12-13H2,1-4H3. The zero-order valence-corrected chi connectivity index (χ0v) is 20.5. The number of halogens is 1. The van der Waals surface area contributed by atoms with Crippen LogP contribution >= 0.6 is 35.6 Å². The normalized spacial score (nSPS) is 15.6. The molecular weight excluding hydrogens is 450 g/mol. The van der Waals surface area contributed by atoms with Crippen molar-refractivity contribution in [2.75, 3.05) is 19.8 Å². The number of nitrogens with zero attached hydrogens (tertiary/aromatic N) is 1. The van der Waals surface area contributed by atoms with E-state index >= 15 is 0 Å².